The lowest BCUT2D eigenvalue weighted by Crippen LogP contribution is -2.41. The van der Waals surface area contributed by atoms with Gasteiger partial charge < -0.3 is 13.3 Å². The largest absolute Gasteiger partial charge is 0.456 e. The molecule has 9 rings (SSSR count). The number of rotatable bonds is 8. The van der Waals surface area contributed by atoms with Crippen molar-refractivity contribution in [1.82, 2.24) is 0 Å². The molecule has 0 unspecified atom stereocenters. The Kier molecular flexibility index (Phi) is 7.81. The highest BCUT2D eigenvalue weighted by Gasteiger charge is 2.51. The Morgan fingerprint density at radius 1 is 0.321 bits per heavy atom. The van der Waals surface area contributed by atoms with Crippen LogP contribution in [0.5, 0.6) is 0 Å². The van der Waals surface area contributed by atoms with Crippen molar-refractivity contribution in [1.29, 1.82) is 0 Å². The van der Waals surface area contributed by atoms with Gasteiger partial charge in [0.25, 0.3) is 0 Å². The molecule has 3 nitrogen and oxygen atoms in total. The molecule has 0 amide bonds. The molecule has 0 bridgehead atoms. The van der Waals surface area contributed by atoms with Gasteiger partial charge in [0.15, 0.2) is 16.6 Å². The molecule has 2 aliphatic carbocycles. The van der Waals surface area contributed by atoms with Crippen molar-refractivity contribution in [3.63, 3.8) is 0 Å². The predicted octanol–water partition coefficient (Wildman–Crippen LogP) is 12.9. The standard InChI is InChI=1S/C48H44O3Si2/c1-52(2,3)50-47(39-25-13-7-19-33(39)34-20-8-14-26-40(34)47)43-29-17-11-23-37(43)45-31-32-46(49-45)38-24-12-18-30-44(38)48(51-53(4,5)6)41-27-15-9-21-35(41)36-22-10-16-28-42(36)48/h7-32H,1-6H3. The minimum absolute atomic E-state index is 0.786. The summed E-state index contributed by atoms with van der Waals surface area (Å²) in [7, 11) is -4.27. The van der Waals surface area contributed by atoms with E-state index in [9.17, 15) is 0 Å². The molecule has 2 aliphatic rings. The third-order valence-corrected chi connectivity index (χ3v) is 12.3. The van der Waals surface area contributed by atoms with Gasteiger partial charge in [0.2, 0.25) is 0 Å². The highest BCUT2D eigenvalue weighted by atomic mass is 28.4. The average Bonchev–Trinajstić information content (AvgIpc) is 3.83. The van der Waals surface area contributed by atoms with Crippen LogP contribution in [0, 0.1) is 0 Å². The Balaban J connectivity index is 1.25. The maximum Gasteiger partial charge on any atom is 0.185 e. The zero-order valence-corrected chi connectivity index (χ0v) is 33.2. The summed E-state index contributed by atoms with van der Waals surface area (Å²) in [6.45, 7) is 13.7. The van der Waals surface area contributed by atoms with Crippen LogP contribution >= 0.6 is 0 Å². The molecule has 0 spiro atoms. The van der Waals surface area contributed by atoms with Gasteiger partial charge in [-0.1, -0.05) is 146 Å². The first-order chi connectivity index (χ1) is 25.5. The van der Waals surface area contributed by atoms with Crippen molar-refractivity contribution in [2.75, 3.05) is 0 Å². The molecule has 6 aromatic carbocycles. The quantitative estimate of drug-likeness (QED) is 0.146. The predicted molar refractivity (Wildman–Crippen MR) is 222 cm³/mol. The molecule has 53 heavy (non-hydrogen) atoms. The summed E-state index contributed by atoms with van der Waals surface area (Å²) in [6.07, 6.45) is 0. The van der Waals surface area contributed by atoms with Gasteiger partial charge in [-0.3, -0.25) is 0 Å². The third-order valence-electron chi connectivity index (χ3n) is 10.5. The zero-order chi connectivity index (χ0) is 36.6. The van der Waals surface area contributed by atoms with Gasteiger partial charge in [0.05, 0.1) is 0 Å². The first-order valence-electron chi connectivity index (χ1n) is 18.6. The second kappa shape index (κ2) is 12.3. The molecule has 7 aromatic rings. The van der Waals surface area contributed by atoms with E-state index >= 15 is 0 Å². The van der Waals surface area contributed by atoms with Crippen molar-refractivity contribution >= 4 is 16.6 Å². The SMILES string of the molecule is C[Si](C)(C)OC1(c2ccccc2-c2ccc(-c3ccccc3C3(O[Si](C)(C)C)c4ccccc4-c4ccccc43)o2)c2ccccc2-c2ccccc21. The molecular weight excluding hydrogens is 681 g/mol. The molecule has 0 saturated heterocycles. The van der Waals surface area contributed by atoms with E-state index in [1.54, 1.807) is 0 Å². The maximum absolute atomic E-state index is 7.48. The Morgan fingerprint density at radius 3 is 0.811 bits per heavy atom. The first-order valence-corrected chi connectivity index (χ1v) is 25.4. The van der Waals surface area contributed by atoms with Crippen LogP contribution in [0.15, 0.2) is 162 Å². The Hall–Kier alpha value is -5.05. The van der Waals surface area contributed by atoms with Crippen LogP contribution in [0.25, 0.3) is 44.9 Å². The van der Waals surface area contributed by atoms with Crippen LogP contribution < -0.4 is 0 Å². The summed E-state index contributed by atoms with van der Waals surface area (Å²) in [4.78, 5) is 0. The smallest absolute Gasteiger partial charge is 0.185 e. The molecule has 5 heteroatoms. The normalized spacial score (nSPS) is 15.1. The lowest BCUT2D eigenvalue weighted by atomic mass is 9.81. The number of benzene rings is 6. The molecule has 0 atom stereocenters. The molecule has 0 saturated carbocycles. The summed E-state index contributed by atoms with van der Waals surface area (Å²) >= 11 is 0. The van der Waals surface area contributed by atoms with E-state index in [1.807, 2.05) is 0 Å². The average molecular weight is 725 g/mol. The molecule has 0 aliphatic heterocycles. The fourth-order valence-corrected chi connectivity index (χ4v) is 11.4. The first kappa shape index (κ1) is 33.8. The van der Waals surface area contributed by atoms with Crippen LogP contribution in [0.4, 0.5) is 0 Å². The Morgan fingerprint density at radius 2 is 0.547 bits per heavy atom. The Bertz CT molecular complexity index is 2250. The van der Waals surface area contributed by atoms with Gasteiger partial charge in [-0.25, -0.2) is 0 Å². The molecule has 0 fully saturated rings. The number of hydrogen-bond donors (Lipinski definition) is 0. The fourth-order valence-electron chi connectivity index (χ4n) is 8.86. The van der Waals surface area contributed by atoms with E-state index < -0.39 is 27.8 Å². The van der Waals surface area contributed by atoms with Gasteiger partial charge in [-0.2, -0.15) is 0 Å². The van der Waals surface area contributed by atoms with Crippen LogP contribution in [-0.4, -0.2) is 16.6 Å². The summed E-state index contributed by atoms with van der Waals surface area (Å²) in [6, 6.07) is 56.5. The summed E-state index contributed by atoms with van der Waals surface area (Å²) < 4.78 is 22.0. The van der Waals surface area contributed by atoms with Crippen molar-refractivity contribution < 1.29 is 13.3 Å². The highest BCUT2D eigenvalue weighted by Crippen LogP contribution is 2.58. The van der Waals surface area contributed by atoms with E-state index in [0.717, 1.165) is 33.8 Å². The maximum atomic E-state index is 7.48. The second-order valence-corrected chi connectivity index (χ2v) is 25.1. The monoisotopic (exact) mass is 724 g/mol. The molecule has 0 N–H and O–H groups in total. The molecule has 262 valence electrons. The Labute approximate surface area is 315 Å². The summed E-state index contributed by atoms with van der Waals surface area (Å²) in [5, 5.41) is 0. The molecule has 1 heterocycles. The third kappa shape index (κ3) is 5.29. The highest BCUT2D eigenvalue weighted by molar-refractivity contribution is 6.70. The van der Waals surface area contributed by atoms with Gasteiger partial charge in [-0.15, -0.1) is 0 Å². The van der Waals surface area contributed by atoms with Crippen molar-refractivity contribution in [2.45, 2.75) is 50.5 Å². The lowest BCUT2D eigenvalue weighted by Gasteiger charge is -2.39. The number of fused-ring (bicyclic) bond motifs is 6. The van der Waals surface area contributed by atoms with E-state index in [-0.39, 0.29) is 0 Å². The fraction of sp³-hybridized carbons (Fsp3) is 0.167. The minimum atomic E-state index is -2.14. The van der Waals surface area contributed by atoms with E-state index in [1.165, 1.54) is 44.5 Å². The van der Waals surface area contributed by atoms with Crippen molar-refractivity contribution in [2.24, 2.45) is 0 Å². The van der Waals surface area contributed by atoms with Crippen LogP contribution in [-0.2, 0) is 20.1 Å². The van der Waals surface area contributed by atoms with Crippen molar-refractivity contribution in [3.8, 4) is 44.9 Å². The van der Waals surface area contributed by atoms with E-state index in [0.29, 0.717) is 0 Å². The molecular formula is C48H44O3Si2. The molecule has 0 radical (unpaired) electrons. The van der Waals surface area contributed by atoms with Gasteiger partial charge in [0, 0.05) is 22.3 Å². The van der Waals surface area contributed by atoms with Crippen LogP contribution in [0.3, 0.4) is 0 Å². The van der Waals surface area contributed by atoms with Gasteiger partial charge in [0.1, 0.15) is 22.7 Å². The molecule has 1 aromatic heterocycles. The number of furan rings is 1. The van der Waals surface area contributed by atoms with E-state index in [2.05, 4.69) is 197 Å². The topological polar surface area (TPSA) is 31.6 Å². The second-order valence-electron chi connectivity index (χ2n) is 16.2. The summed E-state index contributed by atoms with van der Waals surface area (Å²) in [5.41, 5.74) is 12.2. The van der Waals surface area contributed by atoms with Gasteiger partial charge in [-0.05, 0) is 95.9 Å². The van der Waals surface area contributed by atoms with Crippen molar-refractivity contribution in [3.05, 3.63) is 191 Å². The van der Waals surface area contributed by atoms with E-state index in [4.69, 9.17) is 13.3 Å². The number of hydrogen-bond acceptors (Lipinski definition) is 3. The van der Waals surface area contributed by atoms with Crippen LogP contribution in [0.2, 0.25) is 39.3 Å². The zero-order valence-electron chi connectivity index (χ0n) is 31.2. The van der Waals surface area contributed by atoms with Crippen LogP contribution in [0.1, 0.15) is 33.4 Å². The van der Waals surface area contributed by atoms with Gasteiger partial charge >= 0.3 is 0 Å². The summed E-state index contributed by atoms with van der Waals surface area (Å²) in [5.74, 6) is 1.61. The minimum Gasteiger partial charge on any atom is -0.456 e. The lowest BCUT2D eigenvalue weighted by molar-refractivity contribution is 0.152.